The van der Waals surface area contributed by atoms with Crippen LogP contribution in [0.5, 0.6) is 0 Å². The van der Waals surface area contributed by atoms with E-state index in [0.717, 1.165) is 10.8 Å². The summed E-state index contributed by atoms with van der Waals surface area (Å²) in [6, 6.07) is 32.9. The molecule has 0 saturated heterocycles. The van der Waals surface area contributed by atoms with Gasteiger partial charge in [-0.3, -0.25) is 19.8 Å². The SMILES string of the molecule is CC(NC(=O)OC(C)(C)C)C(=O)Nc1ccc2n[nH]c(S(=O)(=O)c3cccc4ccccc34)c2c1.CC(NC(=O)OC(C)(C)C)C(=O)O.Nc1ccc2n[nH]c(S(=O)(=O)c3cccc4ccccc34)c2c1. The molecule has 8 rings (SSSR count). The van der Waals surface area contributed by atoms with E-state index >= 15 is 0 Å². The Labute approximate surface area is 409 Å². The number of hydrogen-bond donors (Lipinski definition) is 7. The van der Waals surface area contributed by atoms with E-state index in [1.54, 1.807) is 114 Å². The third-order valence-corrected chi connectivity index (χ3v) is 13.7. The Balaban J connectivity index is 0.000000196. The average molecular weight is 1010 g/mol. The number of aromatic nitrogens is 4. The fourth-order valence-electron chi connectivity index (χ4n) is 6.90. The number of carbonyl (C=O) groups is 4. The van der Waals surface area contributed by atoms with E-state index in [-0.39, 0.29) is 19.8 Å². The van der Waals surface area contributed by atoms with E-state index in [2.05, 4.69) is 36.3 Å². The predicted molar refractivity (Wildman–Crippen MR) is 269 cm³/mol. The maximum absolute atomic E-state index is 13.6. The van der Waals surface area contributed by atoms with Crippen molar-refractivity contribution in [3.8, 4) is 0 Å². The topological polar surface area (TPSA) is 295 Å². The molecule has 0 bridgehead atoms. The number of benzene rings is 6. The number of anilines is 2. The lowest BCUT2D eigenvalue weighted by molar-refractivity contribution is -0.139. The van der Waals surface area contributed by atoms with Crippen LogP contribution in [-0.4, -0.2) is 89.7 Å². The molecule has 2 aromatic heterocycles. The molecule has 2 heterocycles. The van der Waals surface area contributed by atoms with Crippen LogP contribution in [0.3, 0.4) is 0 Å². The molecular weight excluding hydrogens is 953 g/mol. The molecule has 0 fully saturated rings. The number of H-pyrrole nitrogens is 2. The molecule has 2 atom stereocenters. The predicted octanol–water partition coefficient (Wildman–Crippen LogP) is 8.52. The van der Waals surface area contributed by atoms with Gasteiger partial charge in [0.2, 0.25) is 25.6 Å². The zero-order valence-electron chi connectivity index (χ0n) is 40.0. The van der Waals surface area contributed by atoms with E-state index in [1.165, 1.54) is 19.9 Å². The molecule has 6 aromatic carbocycles. The highest BCUT2D eigenvalue weighted by atomic mass is 32.2. The number of aliphatic carboxylic acids is 1. The quantitative estimate of drug-likeness (QED) is 0.0667. The molecule has 71 heavy (non-hydrogen) atoms. The summed E-state index contributed by atoms with van der Waals surface area (Å²) >= 11 is 0. The van der Waals surface area contributed by atoms with Gasteiger partial charge in [0, 0.05) is 32.9 Å². The van der Waals surface area contributed by atoms with Crippen LogP contribution >= 0.6 is 0 Å². The van der Waals surface area contributed by atoms with Crippen LogP contribution in [0.2, 0.25) is 0 Å². The number of nitrogen functional groups attached to an aromatic ring is 1. The first-order valence-corrected chi connectivity index (χ1v) is 24.9. The smallest absolute Gasteiger partial charge is 0.408 e. The zero-order chi connectivity index (χ0) is 52.1. The van der Waals surface area contributed by atoms with Gasteiger partial charge in [0.25, 0.3) is 0 Å². The summed E-state index contributed by atoms with van der Waals surface area (Å²) in [5, 5.41) is 33.1. The molecule has 8 N–H and O–H groups in total. The number of amides is 3. The number of rotatable bonds is 9. The van der Waals surface area contributed by atoms with Crippen LogP contribution in [0.15, 0.2) is 141 Å². The number of ether oxygens (including phenoxy) is 2. The second-order valence-corrected chi connectivity index (χ2v) is 21.8. The van der Waals surface area contributed by atoms with Gasteiger partial charge in [0.05, 0.1) is 20.8 Å². The van der Waals surface area contributed by atoms with Crippen LogP contribution in [-0.2, 0) is 38.7 Å². The zero-order valence-corrected chi connectivity index (χ0v) is 41.7. The van der Waals surface area contributed by atoms with Gasteiger partial charge in [-0.2, -0.15) is 10.2 Å². The highest BCUT2D eigenvalue weighted by Gasteiger charge is 2.28. The van der Waals surface area contributed by atoms with Gasteiger partial charge in [0.1, 0.15) is 23.3 Å². The lowest BCUT2D eigenvalue weighted by atomic mass is 10.1. The Kier molecular flexibility index (Phi) is 15.4. The summed E-state index contributed by atoms with van der Waals surface area (Å²) in [5.41, 5.74) is 6.33. The number of nitrogens with zero attached hydrogens (tertiary/aromatic N) is 2. The van der Waals surface area contributed by atoms with E-state index in [1.807, 2.05) is 42.5 Å². The molecule has 2 unspecified atom stereocenters. The van der Waals surface area contributed by atoms with Gasteiger partial charge < -0.3 is 36.3 Å². The van der Waals surface area contributed by atoms with Crippen molar-refractivity contribution < 1.29 is 50.6 Å². The first-order valence-electron chi connectivity index (χ1n) is 22.0. The number of carbonyl (C=O) groups excluding carboxylic acids is 3. The van der Waals surface area contributed by atoms with Crippen molar-refractivity contribution in [1.82, 2.24) is 31.0 Å². The number of carboxylic acids is 1. The molecular formula is C50H54N8O11S2. The Morgan fingerprint density at radius 2 is 1.00 bits per heavy atom. The van der Waals surface area contributed by atoms with Crippen molar-refractivity contribution in [3.05, 3.63) is 121 Å². The lowest BCUT2D eigenvalue weighted by Crippen LogP contribution is -2.43. The number of fused-ring (bicyclic) bond motifs is 4. The molecule has 21 heteroatoms. The maximum atomic E-state index is 13.6. The minimum absolute atomic E-state index is 0.0659. The van der Waals surface area contributed by atoms with Crippen molar-refractivity contribution in [2.24, 2.45) is 0 Å². The highest BCUT2D eigenvalue weighted by molar-refractivity contribution is 7.92. The molecule has 372 valence electrons. The van der Waals surface area contributed by atoms with Gasteiger partial charge in [-0.25, -0.2) is 26.4 Å². The summed E-state index contributed by atoms with van der Waals surface area (Å²) < 4.78 is 63.4. The Hall–Kier alpha value is -8.04. The maximum Gasteiger partial charge on any atom is 0.408 e. The summed E-state index contributed by atoms with van der Waals surface area (Å²) in [7, 11) is -7.69. The van der Waals surface area contributed by atoms with Crippen LogP contribution in [0.4, 0.5) is 21.0 Å². The fourth-order valence-corrected chi connectivity index (χ4v) is 10.0. The second-order valence-electron chi connectivity index (χ2n) is 18.1. The highest BCUT2D eigenvalue weighted by Crippen LogP contribution is 2.34. The van der Waals surface area contributed by atoms with E-state index in [4.69, 9.17) is 20.3 Å². The second kappa shape index (κ2) is 20.9. The normalized spacial score (nSPS) is 12.7. The van der Waals surface area contributed by atoms with E-state index in [9.17, 15) is 36.0 Å². The number of sulfone groups is 2. The molecule has 19 nitrogen and oxygen atoms in total. The Morgan fingerprint density at radius 1 is 0.577 bits per heavy atom. The molecule has 0 aliphatic heterocycles. The van der Waals surface area contributed by atoms with E-state index < -0.39 is 67.0 Å². The number of aromatic amines is 2. The summed E-state index contributed by atoms with van der Waals surface area (Å²) in [6.45, 7) is 13.2. The molecule has 0 radical (unpaired) electrons. The van der Waals surface area contributed by atoms with Gasteiger partial charge >= 0.3 is 18.2 Å². The first kappa shape index (κ1) is 52.3. The minimum Gasteiger partial charge on any atom is -0.480 e. The van der Waals surface area contributed by atoms with Crippen LogP contribution in [0.25, 0.3) is 43.4 Å². The first-order chi connectivity index (χ1) is 33.2. The van der Waals surface area contributed by atoms with Crippen LogP contribution in [0.1, 0.15) is 55.4 Å². The fraction of sp³-hybridized carbons (Fsp3) is 0.240. The summed E-state index contributed by atoms with van der Waals surface area (Å²) in [4.78, 5) is 46.3. The minimum atomic E-state index is -3.95. The number of carboxylic acid groups (broad SMARTS) is 1. The molecule has 0 spiro atoms. The molecule has 0 aliphatic carbocycles. The van der Waals surface area contributed by atoms with Gasteiger partial charge in [-0.15, -0.1) is 0 Å². The number of nitrogens with two attached hydrogens (primary N) is 1. The Morgan fingerprint density at radius 3 is 1.46 bits per heavy atom. The number of nitrogens with one attached hydrogen (secondary N) is 5. The molecule has 3 amide bonds. The number of alkyl carbamates (subject to hydrolysis) is 2. The van der Waals surface area contributed by atoms with Crippen molar-refractivity contribution >= 4 is 98.5 Å². The third kappa shape index (κ3) is 12.8. The average Bonchev–Trinajstić information content (AvgIpc) is 3.93. The van der Waals surface area contributed by atoms with Crippen LogP contribution < -0.4 is 21.7 Å². The largest absolute Gasteiger partial charge is 0.480 e. The van der Waals surface area contributed by atoms with Crippen molar-refractivity contribution in [3.63, 3.8) is 0 Å². The molecule has 0 saturated carbocycles. The molecule has 0 aliphatic rings. The standard InChI is InChI=1S/C25H26N4O5S.C17H13N3O2S.C8H15NO4/c1-15(26-24(31)34-25(2,3)4)22(30)27-17-12-13-20-19(14-17)23(29-28-20)35(32,33)21-11-7-9-16-8-5-6-10-18(16)21;18-12-8-9-15-14(10-12)17(20-19-15)23(21,22)16-7-3-5-11-4-1-2-6-13(11)16;1-5(6(10)11)9-7(12)13-8(2,3)4/h5-15H,1-4H3,(H,26,31)(H,27,30)(H,28,29);1-10H,18H2,(H,19,20);5H,1-4H3,(H,9,12)(H,10,11). The van der Waals surface area contributed by atoms with Crippen molar-refractivity contribution in [1.29, 1.82) is 0 Å². The third-order valence-electron chi connectivity index (χ3n) is 10.2. The molecule has 8 aromatic rings. The van der Waals surface area contributed by atoms with Gasteiger partial charge in [0.15, 0.2) is 10.1 Å². The lowest BCUT2D eigenvalue weighted by Gasteiger charge is -2.21. The van der Waals surface area contributed by atoms with Gasteiger partial charge in [-0.05, 0) is 115 Å². The van der Waals surface area contributed by atoms with Crippen LogP contribution in [0, 0.1) is 0 Å². The van der Waals surface area contributed by atoms with Gasteiger partial charge in [-0.1, -0.05) is 72.8 Å². The summed E-state index contributed by atoms with van der Waals surface area (Å²) in [6.07, 6.45) is -1.43. The monoisotopic (exact) mass is 1010 g/mol. The summed E-state index contributed by atoms with van der Waals surface area (Å²) in [5.74, 6) is -1.58. The van der Waals surface area contributed by atoms with Crippen molar-refractivity contribution in [2.75, 3.05) is 11.1 Å². The number of hydrogen-bond acceptors (Lipinski definition) is 13. The Bertz CT molecular complexity index is 3510. The van der Waals surface area contributed by atoms with E-state index in [0.29, 0.717) is 44.0 Å². The van der Waals surface area contributed by atoms with Crippen molar-refractivity contribution in [2.45, 2.75) is 98.5 Å².